The molecule has 6 heteroatoms. The smallest absolute Gasteiger partial charge is 0.311 e. The van der Waals surface area contributed by atoms with Crippen LogP contribution in [0, 0.1) is 11.3 Å². The van der Waals surface area contributed by atoms with E-state index in [9.17, 15) is 14.7 Å². The van der Waals surface area contributed by atoms with Gasteiger partial charge in [0.05, 0.1) is 24.7 Å². The highest BCUT2D eigenvalue weighted by atomic mass is 16.5. The minimum absolute atomic E-state index is 0.0433. The van der Waals surface area contributed by atoms with Gasteiger partial charge in [-0.1, -0.05) is 6.92 Å². The van der Waals surface area contributed by atoms with Crippen LogP contribution < -0.4 is 5.32 Å². The lowest BCUT2D eigenvalue weighted by atomic mass is 9.82. The predicted molar refractivity (Wildman–Crippen MR) is 68.7 cm³/mol. The van der Waals surface area contributed by atoms with Crippen LogP contribution in [0.1, 0.15) is 19.8 Å². The fraction of sp³-hybridized carbons (Fsp3) is 0.846. The molecule has 108 valence electrons. The van der Waals surface area contributed by atoms with Gasteiger partial charge in [0.15, 0.2) is 0 Å². The van der Waals surface area contributed by atoms with E-state index in [2.05, 4.69) is 5.32 Å². The van der Waals surface area contributed by atoms with Gasteiger partial charge in [0, 0.05) is 13.6 Å². The normalized spacial score (nSPS) is 34.4. The zero-order valence-corrected chi connectivity index (χ0v) is 11.5. The van der Waals surface area contributed by atoms with Gasteiger partial charge in [0.1, 0.15) is 5.92 Å². The molecule has 1 amide bonds. The average molecular weight is 270 g/mol. The molecule has 2 rings (SSSR count). The Morgan fingerprint density at radius 2 is 2.21 bits per heavy atom. The summed E-state index contributed by atoms with van der Waals surface area (Å²) in [5.41, 5.74) is -0.375. The number of carboxylic acid groups (broad SMARTS) is 1. The van der Waals surface area contributed by atoms with Crippen molar-refractivity contribution in [1.82, 2.24) is 10.2 Å². The van der Waals surface area contributed by atoms with E-state index in [1.165, 1.54) is 0 Å². The van der Waals surface area contributed by atoms with E-state index >= 15 is 0 Å². The molecule has 0 aliphatic carbocycles. The van der Waals surface area contributed by atoms with Crippen LogP contribution in [-0.4, -0.2) is 61.3 Å². The summed E-state index contributed by atoms with van der Waals surface area (Å²) in [5.74, 6) is -1.46. The van der Waals surface area contributed by atoms with Crippen molar-refractivity contribution in [2.24, 2.45) is 11.3 Å². The molecule has 0 bridgehead atoms. The summed E-state index contributed by atoms with van der Waals surface area (Å²) in [6, 6.07) is -0.353. The number of aliphatic carboxylic acids is 1. The van der Waals surface area contributed by atoms with E-state index in [4.69, 9.17) is 4.74 Å². The van der Waals surface area contributed by atoms with Crippen molar-refractivity contribution < 1.29 is 19.4 Å². The largest absolute Gasteiger partial charge is 0.481 e. The number of hydrogen-bond acceptors (Lipinski definition) is 4. The number of carboxylic acids is 1. The number of nitrogens with zero attached hydrogens (tertiary/aromatic N) is 1. The van der Waals surface area contributed by atoms with E-state index < -0.39 is 11.9 Å². The molecule has 2 fully saturated rings. The molecule has 2 saturated heterocycles. The summed E-state index contributed by atoms with van der Waals surface area (Å²) in [5, 5.41) is 12.4. The number of ether oxygens (including phenoxy) is 1. The summed E-state index contributed by atoms with van der Waals surface area (Å²) in [6.45, 7) is 4.04. The van der Waals surface area contributed by atoms with Gasteiger partial charge in [-0.05, 0) is 19.4 Å². The van der Waals surface area contributed by atoms with E-state index in [1.807, 2.05) is 6.92 Å². The number of rotatable bonds is 4. The molecule has 0 spiro atoms. The molecule has 0 radical (unpaired) electrons. The Hall–Kier alpha value is -1.14. The van der Waals surface area contributed by atoms with Crippen LogP contribution in [0.2, 0.25) is 0 Å². The summed E-state index contributed by atoms with van der Waals surface area (Å²) in [6.07, 6.45) is 1.59. The maximum absolute atomic E-state index is 12.7. The van der Waals surface area contributed by atoms with Crippen molar-refractivity contribution in [2.45, 2.75) is 25.8 Å². The maximum atomic E-state index is 12.7. The predicted octanol–water partition coefficient (Wildman–Crippen LogP) is -0.0659. The van der Waals surface area contributed by atoms with Gasteiger partial charge in [-0.3, -0.25) is 9.59 Å². The Morgan fingerprint density at radius 3 is 2.74 bits per heavy atom. The summed E-state index contributed by atoms with van der Waals surface area (Å²) in [4.78, 5) is 25.5. The second-order valence-electron chi connectivity index (χ2n) is 5.53. The lowest BCUT2D eigenvalue weighted by molar-refractivity contribution is -0.147. The number of nitrogens with one attached hydrogen (secondary N) is 1. The highest BCUT2D eigenvalue weighted by Crippen LogP contribution is 2.33. The zero-order chi connectivity index (χ0) is 14.0. The first-order valence-corrected chi connectivity index (χ1v) is 6.80. The van der Waals surface area contributed by atoms with Crippen LogP contribution in [0.3, 0.4) is 0 Å². The topological polar surface area (TPSA) is 78.9 Å². The average Bonchev–Trinajstić information content (AvgIpc) is 3.06. The summed E-state index contributed by atoms with van der Waals surface area (Å²) >= 11 is 0. The van der Waals surface area contributed by atoms with Crippen LogP contribution >= 0.6 is 0 Å². The molecule has 3 atom stereocenters. The third-order valence-electron chi connectivity index (χ3n) is 4.56. The number of hydrogen-bond donors (Lipinski definition) is 2. The molecule has 0 saturated carbocycles. The minimum Gasteiger partial charge on any atom is -0.481 e. The monoisotopic (exact) mass is 270 g/mol. The summed E-state index contributed by atoms with van der Waals surface area (Å²) < 4.78 is 5.24. The van der Waals surface area contributed by atoms with E-state index in [-0.39, 0.29) is 24.0 Å². The van der Waals surface area contributed by atoms with E-state index in [1.54, 1.807) is 11.9 Å². The standard InChI is InChI=1S/C13H22N2O4/c1-3-13(4-5-14-8-13)12(18)15(2)10-7-19-6-9(10)11(16)17/h9-10,14H,3-8H2,1-2H3,(H,16,17). The number of amides is 1. The molecule has 2 aliphatic rings. The van der Waals surface area contributed by atoms with Crippen LogP contribution in [0.15, 0.2) is 0 Å². The molecule has 2 heterocycles. The van der Waals surface area contributed by atoms with Crippen molar-refractivity contribution >= 4 is 11.9 Å². The van der Waals surface area contributed by atoms with Crippen molar-refractivity contribution in [3.05, 3.63) is 0 Å². The van der Waals surface area contributed by atoms with Crippen LogP contribution in [0.25, 0.3) is 0 Å². The second-order valence-corrected chi connectivity index (χ2v) is 5.53. The number of carbonyl (C=O) groups excluding carboxylic acids is 1. The Labute approximate surface area is 113 Å². The van der Waals surface area contributed by atoms with Crippen LogP contribution in [-0.2, 0) is 14.3 Å². The van der Waals surface area contributed by atoms with E-state index in [0.717, 1.165) is 19.4 Å². The van der Waals surface area contributed by atoms with Crippen LogP contribution in [0.4, 0.5) is 0 Å². The second kappa shape index (κ2) is 5.46. The SMILES string of the molecule is CCC1(C(=O)N(C)C2COCC2C(=O)O)CCNC1. The van der Waals surface area contributed by atoms with Crippen LogP contribution in [0.5, 0.6) is 0 Å². The highest BCUT2D eigenvalue weighted by Gasteiger charge is 2.46. The van der Waals surface area contributed by atoms with Crippen molar-refractivity contribution in [3.63, 3.8) is 0 Å². The Morgan fingerprint density at radius 1 is 1.47 bits per heavy atom. The lowest BCUT2D eigenvalue weighted by Gasteiger charge is -2.35. The third-order valence-corrected chi connectivity index (χ3v) is 4.56. The van der Waals surface area contributed by atoms with Gasteiger partial charge in [0.2, 0.25) is 5.91 Å². The van der Waals surface area contributed by atoms with Gasteiger partial charge >= 0.3 is 5.97 Å². The number of likely N-dealkylation sites (N-methyl/N-ethyl adjacent to an activating group) is 1. The van der Waals surface area contributed by atoms with Gasteiger partial charge in [-0.2, -0.15) is 0 Å². The highest BCUT2D eigenvalue weighted by molar-refractivity contribution is 5.84. The van der Waals surface area contributed by atoms with Gasteiger partial charge in [-0.15, -0.1) is 0 Å². The number of carbonyl (C=O) groups is 2. The molecular weight excluding hydrogens is 248 g/mol. The molecular formula is C13H22N2O4. The minimum atomic E-state index is -0.891. The van der Waals surface area contributed by atoms with Crippen molar-refractivity contribution in [1.29, 1.82) is 0 Å². The fourth-order valence-corrected chi connectivity index (χ4v) is 3.06. The summed E-state index contributed by atoms with van der Waals surface area (Å²) in [7, 11) is 1.70. The maximum Gasteiger partial charge on any atom is 0.311 e. The molecule has 2 N–H and O–H groups in total. The van der Waals surface area contributed by atoms with Crippen molar-refractivity contribution in [2.75, 3.05) is 33.4 Å². The molecule has 2 aliphatic heterocycles. The fourth-order valence-electron chi connectivity index (χ4n) is 3.06. The van der Waals surface area contributed by atoms with Crippen molar-refractivity contribution in [3.8, 4) is 0 Å². The molecule has 0 aromatic carbocycles. The first-order valence-electron chi connectivity index (χ1n) is 6.80. The van der Waals surface area contributed by atoms with Gasteiger partial charge in [0.25, 0.3) is 0 Å². The molecule has 0 aromatic heterocycles. The zero-order valence-electron chi connectivity index (χ0n) is 11.5. The Kier molecular flexibility index (Phi) is 4.10. The van der Waals surface area contributed by atoms with Gasteiger partial charge < -0.3 is 20.1 Å². The Balaban J connectivity index is 2.12. The lowest BCUT2D eigenvalue weighted by Crippen LogP contribution is -2.51. The Bertz CT molecular complexity index is 366. The third kappa shape index (κ3) is 2.47. The first-order chi connectivity index (χ1) is 9.02. The molecule has 19 heavy (non-hydrogen) atoms. The molecule has 0 aromatic rings. The quantitative estimate of drug-likeness (QED) is 0.748. The van der Waals surface area contributed by atoms with E-state index in [0.29, 0.717) is 13.2 Å². The molecule has 6 nitrogen and oxygen atoms in total. The van der Waals surface area contributed by atoms with Gasteiger partial charge in [-0.25, -0.2) is 0 Å². The first kappa shape index (κ1) is 14.3. The molecule has 3 unspecified atom stereocenters.